The summed E-state index contributed by atoms with van der Waals surface area (Å²) in [7, 11) is 0. The fourth-order valence-electron chi connectivity index (χ4n) is 5.05. The van der Waals surface area contributed by atoms with Gasteiger partial charge in [0.15, 0.2) is 12.1 Å². The van der Waals surface area contributed by atoms with Gasteiger partial charge in [-0.15, -0.1) is 0 Å². The molecule has 34 heavy (non-hydrogen) atoms. The van der Waals surface area contributed by atoms with E-state index in [1.54, 1.807) is 0 Å². The zero-order valence-corrected chi connectivity index (χ0v) is 19.1. The minimum atomic E-state index is -0.413. The standard InChI is InChI=1S/C28H26N2O4/c1-28(2)22-13-18(34-19-14-32-27(33-15-19)16-6-4-3-5-7-16)9-11-20(22)25(31)24-21-10-8-17(29)12-23(21)30-26(24)28/h3-13,19,27,30H,14-15,29H2,1-2H3. The maximum atomic E-state index is 13.5. The van der Waals surface area contributed by atoms with Crippen molar-refractivity contribution in [3.63, 3.8) is 0 Å². The van der Waals surface area contributed by atoms with Crippen molar-refractivity contribution in [2.75, 3.05) is 18.9 Å². The van der Waals surface area contributed by atoms with Gasteiger partial charge in [0.2, 0.25) is 0 Å². The summed E-state index contributed by atoms with van der Waals surface area (Å²) in [6, 6.07) is 21.2. The van der Waals surface area contributed by atoms with E-state index in [2.05, 4.69) is 18.8 Å². The minimum absolute atomic E-state index is 0.0157. The summed E-state index contributed by atoms with van der Waals surface area (Å²) in [6.07, 6.45) is -0.609. The van der Waals surface area contributed by atoms with Gasteiger partial charge < -0.3 is 24.9 Å². The molecular formula is C28H26N2O4. The molecule has 0 atom stereocenters. The van der Waals surface area contributed by atoms with Crippen molar-refractivity contribution in [2.24, 2.45) is 0 Å². The molecular weight excluding hydrogens is 428 g/mol. The van der Waals surface area contributed by atoms with Crippen LogP contribution in [0.15, 0.2) is 66.7 Å². The zero-order chi connectivity index (χ0) is 23.4. The Morgan fingerprint density at radius 1 is 1.00 bits per heavy atom. The van der Waals surface area contributed by atoms with E-state index >= 15 is 0 Å². The molecule has 1 aliphatic carbocycles. The van der Waals surface area contributed by atoms with Crippen LogP contribution < -0.4 is 10.5 Å². The molecule has 0 saturated carbocycles. The van der Waals surface area contributed by atoms with E-state index in [9.17, 15) is 4.79 Å². The average molecular weight is 455 g/mol. The fraction of sp³-hybridized carbons (Fsp3) is 0.250. The summed E-state index contributed by atoms with van der Waals surface area (Å²) in [6.45, 7) is 5.09. The van der Waals surface area contributed by atoms with Crippen LogP contribution in [0.2, 0.25) is 0 Å². The number of aromatic amines is 1. The molecule has 4 aromatic rings. The van der Waals surface area contributed by atoms with Crippen LogP contribution >= 0.6 is 0 Å². The first-order valence-electron chi connectivity index (χ1n) is 11.5. The van der Waals surface area contributed by atoms with E-state index in [0.717, 1.165) is 33.3 Å². The van der Waals surface area contributed by atoms with Gasteiger partial charge in [0.05, 0.1) is 18.8 Å². The van der Waals surface area contributed by atoms with Gasteiger partial charge in [0.1, 0.15) is 11.9 Å². The van der Waals surface area contributed by atoms with E-state index in [4.69, 9.17) is 19.9 Å². The Balaban J connectivity index is 1.27. The number of ether oxygens (including phenoxy) is 3. The third-order valence-corrected chi connectivity index (χ3v) is 6.83. The maximum Gasteiger partial charge on any atom is 0.195 e. The van der Waals surface area contributed by atoms with Crippen LogP contribution in [0, 0.1) is 0 Å². The van der Waals surface area contributed by atoms with Crippen LogP contribution in [0.4, 0.5) is 5.69 Å². The SMILES string of the molecule is CC1(C)c2cc(OC3COC(c4ccccc4)OC3)ccc2C(=O)c2c1[nH]c1cc(N)ccc21. The third-order valence-electron chi connectivity index (χ3n) is 6.83. The van der Waals surface area contributed by atoms with Crippen molar-refractivity contribution in [3.05, 3.63) is 94.7 Å². The van der Waals surface area contributed by atoms with Gasteiger partial charge in [0, 0.05) is 38.8 Å². The van der Waals surface area contributed by atoms with Gasteiger partial charge in [-0.3, -0.25) is 4.79 Å². The quantitative estimate of drug-likeness (QED) is 0.420. The highest BCUT2D eigenvalue weighted by Gasteiger charge is 2.40. The number of nitrogens with one attached hydrogen (secondary N) is 1. The lowest BCUT2D eigenvalue weighted by Crippen LogP contribution is -2.36. The first-order chi connectivity index (χ1) is 16.4. The van der Waals surface area contributed by atoms with Gasteiger partial charge in [0.25, 0.3) is 0 Å². The number of rotatable bonds is 3. The Bertz CT molecular complexity index is 1400. The van der Waals surface area contributed by atoms with Crippen molar-refractivity contribution < 1.29 is 19.0 Å². The summed E-state index contributed by atoms with van der Waals surface area (Å²) in [4.78, 5) is 17.0. The topological polar surface area (TPSA) is 86.6 Å². The Morgan fingerprint density at radius 2 is 1.76 bits per heavy atom. The van der Waals surface area contributed by atoms with Crippen molar-refractivity contribution in [1.29, 1.82) is 0 Å². The monoisotopic (exact) mass is 454 g/mol. The summed E-state index contributed by atoms with van der Waals surface area (Å²) < 4.78 is 18.0. The number of carbonyl (C=O) groups is 1. The molecule has 0 spiro atoms. The number of benzene rings is 3. The number of fused-ring (bicyclic) bond motifs is 4. The number of hydrogen-bond donors (Lipinski definition) is 2. The molecule has 172 valence electrons. The molecule has 3 aromatic carbocycles. The fourth-order valence-corrected chi connectivity index (χ4v) is 5.05. The molecule has 2 aliphatic rings. The first kappa shape index (κ1) is 21.0. The summed E-state index contributed by atoms with van der Waals surface area (Å²) in [5.74, 6) is 0.709. The van der Waals surface area contributed by atoms with Crippen molar-refractivity contribution >= 4 is 22.4 Å². The van der Waals surface area contributed by atoms with E-state index in [1.165, 1.54) is 0 Å². The number of nitrogens with two attached hydrogens (primary N) is 1. The highest BCUT2D eigenvalue weighted by molar-refractivity contribution is 6.20. The van der Waals surface area contributed by atoms with E-state index in [1.807, 2.05) is 66.7 Å². The van der Waals surface area contributed by atoms with Crippen LogP contribution in [0.1, 0.15) is 52.9 Å². The lowest BCUT2D eigenvalue weighted by molar-refractivity contribution is -0.215. The number of H-pyrrole nitrogens is 1. The number of nitrogen functional groups attached to an aromatic ring is 1. The van der Waals surface area contributed by atoms with Crippen LogP contribution in [0.5, 0.6) is 5.75 Å². The second-order valence-corrected chi connectivity index (χ2v) is 9.49. The number of aromatic nitrogens is 1. The molecule has 6 rings (SSSR count). The zero-order valence-electron chi connectivity index (χ0n) is 19.1. The molecule has 2 heterocycles. The highest BCUT2D eigenvalue weighted by Crippen LogP contribution is 2.45. The molecule has 0 bridgehead atoms. The second-order valence-electron chi connectivity index (χ2n) is 9.49. The normalized spacial score (nSPS) is 21.2. The van der Waals surface area contributed by atoms with Gasteiger partial charge >= 0.3 is 0 Å². The summed E-state index contributed by atoms with van der Waals surface area (Å²) >= 11 is 0. The molecule has 1 saturated heterocycles. The molecule has 0 amide bonds. The van der Waals surface area contributed by atoms with Gasteiger partial charge in [-0.1, -0.05) is 50.2 Å². The van der Waals surface area contributed by atoms with Crippen molar-refractivity contribution in [3.8, 4) is 5.75 Å². The molecule has 6 heteroatoms. The van der Waals surface area contributed by atoms with Gasteiger partial charge in [-0.25, -0.2) is 0 Å². The van der Waals surface area contributed by atoms with Crippen LogP contribution in [0.25, 0.3) is 10.9 Å². The Morgan fingerprint density at radius 3 is 2.53 bits per heavy atom. The molecule has 0 radical (unpaired) electrons. The smallest absolute Gasteiger partial charge is 0.195 e. The third kappa shape index (κ3) is 3.30. The molecule has 0 unspecified atom stereocenters. The van der Waals surface area contributed by atoms with Crippen molar-refractivity contribution in [2.45, 2.75) is 31.7 Å². The van der Waals surface area contributed by atoms with Gasteiger partial charge in [-0.05, 0) is 35.9 Å². The first-order valence-corrected chi connectivity index (χ1v) is 11.5. The van der Waals surface area contributed by atoms with E-state index in [0.29, 0.717) is 30.2 Å². The predicted molar refractivity (Wildman–Crippen MR) is 130 cm³/mol. The van der Waals surface area contributed by atoms with Crippen LogP contribution in [-0.2, 0) is 14.9 Å². The number of carbonyl (C=O) groups excluding carboxylic acids is 1. The minimum Gasteiger partial charge on any atom is -0.486 e. The van der Waals surface area contributed by atoms with Crippen molar-refractivity contribution in [1.82, 2.24) is 4.98 Å². The highest BCUT2D eigenvalue weighted by atomic mass is 16.7. The molecule has 6 nitrogen and oxygen atoms in total. The van der Waals surface area contributed by atoms with E-state index < -0.39 is 5.41 Å². The molecule has 1 aliphatic heterocycles. The van der Waals surface area contributed by atoms with Crippen LogP contribution in [-0.4, -0.2) is 30.1 Å². The second kappa shape index (κ2) is 7.72. The largest absolute Gasteiger partial charge is 0.486 e. The lowest BCUT2D eigenvalue weighted by atomic mass is 9.71. The van der Waals surface area contributed by atoms with Gasteiger partial charge in [-0.2, -0.15) is 0 Å². The summed E-state index contributed by atoms with van der Waals surface area (Å²) in [5, 5.41) is 0.901. The average Bonchev–Trinajstić information content (AvgIpc) is 3.24. The van der Waals surface area contributed by atoms with Crippen LogP contribution in [0.3, 0.4) is 0 Å². The molecule has 1 fully saturated rings. The Kier molecular flexibility index (Phi) is 4.76. The maximum absolute atomic E-state index is 13.5. The number of anilines is 1. The predicted octanol–water partition coefficient (Wildman–Crippen LogP) is 5.11. The Hall–Kier alpha value is -3.61. The molecule has 3 N–H and O–H groups in total. The lowest BCUT2D eigenvalue weighted by Gasteiger charge is -2.33. The number of hydrogen-bond acceptors (Lipinski definition) is 5. The molecule has 1 aromatic heterocycles. The summed E-state index contributed by atoms with van der Waals surface area (Å²) in [5.41, 5.74) is 11.3. The van der Waals surface area contributed by atoms with E-state index in [-0.39, 0.29) is 18.2 Å². The number of ketones is 1. The Labute approximate surface area is 197 Å².